The zero-order valence-corrected chi connectivity index (χ0v) is 15.8. The monoisotopic (exact) mass is 361 g/mol. The second-order valence-corrected chi connectivity index (χ2v) is 6.49. The molecule has 20 heavy (non-hydrogen) atoms. The van der Waals surface area contributed by atoms with Crippen molar-refractivity contribution in [1.82, 2.24) is 6.15 Å². The van der Waals surface area contributed by atoms with Crippen LogP contribution in [0.4, 0.5) is 0 Å². The van der Waals surface area contributed by atoms with Crippen molar-refractivity contribution in [3.8, 4) is 0 Å². The van der Waals surface area contributed by atoms with Crippen molar-refractivity contribution in [3.63, 3.8) is 0 Å². The van der Waals surface area contributed by atoms with Crippen LogP contribution < -0.4 is 6.15 Å². The number of halogens is 1. The highest BCUT2D eigenvalue weighted by molar-refractivity contribution is 8.93. The van der Waals surface area contributed by atoms with E-state index in [0.717, 1.165) is 8.58 Å². The summed E-state index contributed by atoms with van der Waals surface area (Å²) in [6.07, 6.45) is 14.2. The Kier molecular flexibility index (Phi) is 19.2. The van der Waals surface area contributed by atoms with E-state index in [4.69, 9.17) is 0 Å². The van der Waals surface area contributed by atoms with Gasteiger partial charge in [-0.3, -0.25) is 0 Å². The Morgan fingerprint density at radius 1 is 0.800 bits per heavy atom. The van der Waals surface area contributed by atoms with Gasteiger partial charge < -0.3 is 6.15 Å². The maximum Gasteiger partial charge on any atom is -0.0101 e. The highest BCUT2D eigenvalue weighted by Crippen LogP contribution is 2.20. The van der Waals surface area contributed by atoms with Gasteiger partial charge in [0, 0.05) is 0 Å². The average molecular weight is 362 g/mol. The van der Waals surface area contributed by atoms with E-state index in [-0.39, 0.29) is 23.1 Å². The summed E-state index contributed by atoms with van der Waals surface area (Å²) in [5.41, 5.74) is 1.51. The van der Waals surface area contributed by atoms with Gasteiger partial charge >= 0.3 is 0 Å². The molecule has 0 spiro atoms. The van der Waals surface area contributed by atoms with Gasteiger partial charge in [-0.1, -0.05) is 82.2 Å². The van der Waals surface area contributed by atoms with E-state index in [9.17, 15) is 0 Å². The van der Waals surface area contributed by atoms with Crippen LogP contribution in [0.25, 0.3) is 0 Å². The molecule has 0 aliphatic carbocycles. The molecule has 0 bridgehead atoms. The Morgan fingerprint density at radius 3 is 1.95 bits per heavy atom. The molecule has 1 nitrogen and oxygen atoms in total. The van der Waals surface area contributed by atoms with E-state index in [1.807, 2.05) is 0 Å². The summed E-state index contributed by atoms with van der Waals surface area (Å²) in [6.45, 7) is 2.29. The van der Waals surface area contributed by atoms with Crippen LogP contribution in [0.15, 0.2) is 30.3 Å². The topological polar surface area (TPSA) is 35.0 Å². The molecule has 0 aliphatic rings. The van der Waals surface area contributed by atoms with Crippen molar-refractivity contribution in [2.75, 3.05) is 6.16 Å². The van der Waals surface area contributed by atoms with Gasteiger partial charge in [0.05, 0.1) is 0 Å². The average Bonchev–Trinajstić information content (AvgIpc) is 2.42. The summed E-state index contributed by atoms with van der Waals surface area (Å²) < 4.78 is 0. The van der Waals surface area contributed by atoms with E-state index >= 15 is 0 Å². The summed E-state index contributed by atoms with van der Waals surface area (Å²) >= 11 is 0. The summed E-state index contributed by atoms with van der Waals surface area (Å²) in [5, 5.41) is 0. The van der Waals surface area contributed by atoms with Crippen LogP contribution in [0.3, 0.4) is 0 Å². The van der Waals surface area contributed by atoms with Gasteiger partial charge in [-0.25, -0.2) is 0 Å². The van der Waals surface area contributed by atoms with Gasteiger partial charge in [-0.05, 0) is 24.3 Å². The molecule has 0 aromatic heterocycles. The van der Waals surface area contributed by atoms with E-state index in [2.05, 4.69) is 37.3 Å². The van der Waals surface area contributed by atoms with Crippen LogP contribution in [0.1, 0.15) is 63.9 Å². The molecule has 1 atom stereocenters. The number of hydrogen-bond acceptors (Lipinski definition) is 1. The minimum atomic E-state index is 0. The van der Waals surface area contributed by atoms with E-state index in [1.165, 1.54) is 69.3 Å². The smallest absolute Gasteiger partial charge is 0.0101 e. The van der Waals surface area contributed by atoms with Crippen LogP contribution in [-0.4, -0.2) is 6.16 Å². The molecule has 1 aromatic carbocycles. The van der Waals surface area contributed by atoms with Crippen LogP contribution >= 0.6 is 25.6 Å². The zero-order chi connectivity index (χ0) is 12.9. The van der Waals surface area contributed by atoms with Crippen molar-refractivity contribution < 1.29 is 0 Å². The number of rotatable bonds is 11. The molecule has 1 aromatic rings. The lowest BCUT2D eigenvalue weighted by Crippen LogP contribution is -1.83. The van der Waals surface area contributed by atoms with Gasteiger partial charge in [0.2, 0.25) is 0 Å². The fourth-order valence-electron chi connectivity index (χ4n) is 2.21. The van der Waals surface area contributed by atoms with Gasteiger partial charge in [-0.15, -0.1) is 25.6 Å². The molecule has 0 saturated heterocycles. The summed E-state index contributed by atoms with van der Waals surface area (Å²) in [4.78, 5) is 0. The molecule has 0 amide bonds. The Labute approximate surface area is 138 Å². The van der Waals surface area contributed by atoms with Crippen molar-refractivity contribution in [2.45, 2.75) is 64.5 Å². The molecule has 0 radical (unpaired) electrons. The van der Waals surface area contributed by atoms with Gasteiger partial charge in [0.15, 0.2) is 0 Å². The standard InChI is InChI=1S/C17H29P.BrH.H3N/c1-2-3-4-5-6-7-8-12-15-18-16-17-13-10-9-11-14-17;;/h9-11,13-14,18H,2-8,12,15-16H2,1H3;1H;1H3. The lowest BCUT2D eigenvalue weighted by atomic mass is 10.1. The molecular weight excluding hydrogens is 329 g/mol. The molecule has 3 heteroatoms. The predicted octanol–water partition coefficient (Wildman–Crippen LogP) is 6.75. The molecule has 1 unspecified atom stereocenters. The largest absolute Gasteiger partial charge is 0.344 e. The van der Waals surface area contributed by atoms with Gasteiger partial charge in [0.1, 0.15) is 0 Å². The Balaban J connectivity index is 0. The molecule has 0 saturated carbocycles. The number of benzene rings is 1. The number of hydrogen-bond donors (Lipinski definition) is 1. The maximum absolute atomic E-state index is 2.29. The van der Waals surface area contributed by atoms with E-state index < -0.39 is 0 Å². The third kappa shape index (κ3) is 13.1. The quantitative estimate of drug-likeness (QED) is 0.343. The summed E-state index contributed by atoms with van der Waals surface area (Å²) in [6, 6.07) is 10.9. The Hall–Kier alpha value is 0.0900. The van der Waals surface area contributed by atoms with Crippen molar-refractivity contribution in [3.05, 3.63) is 35.9 Å². The second kappa shape index (κ2) is 17.1. The van der Waals surface area contributed by atoms with Crippen molar-refractivity contribution >= 4 is 25.6 Å². The van der Waals surface area contributed by atoms with E-state index in [1.54, 1.807) is 0 Å². The fourth-order valence-corrected chi connectivity index (χ4v) is 3.41. The third-order valence-electron chi connectivity index (χ3n) is 3.38. The van der Waals surface area contributed by atoms with Crippen LogP contribution in [-0.2, 0) is 6.16 Å². The molecule has 0 aliphatic heterocycles. The number of unbranched alkanes of at least 4 members (excludes halogenated alkanes) is 7. The first-order valence-electron chi connectivity index (χ1n) is 7.68. The highest BCUT2D eigenvalue weighted by Gasteiger charge is 1.93. The van der Waals surface area contributed by atoms with Gasteiger partial charge in [0.25, 0.3) is 0 Å². The highest BCUT2D eigenvalue weighted by atomic mass is 79.9. The molecule has 118 valence electrons. The lowest BCUT2D eigenvalue weighted by molar-refractivity contribution is 0.586. The van der Waals surface area contributed by atoms with Crippen LogP contribution in [0, 0.1) is 0 Å². The first-order chi connectivity index (χ1) is 8.93. The van der Waals surface area contributed by atoms with Gasteiger partial charge in [-0.2, -0.15) is 0 Å². The lowest BCUT2D eigenvalue weighted by Gasteiger charge is -2.03. The third-order valence-corrected chi connectivity index (χ3v) is 4.74. The van der Waals surface area contributed by atoms with E-state index in [0.29, 0.717) is 0 Å². The van der Waals surface area contributed by atoms with Crippen molar-refractivity contribution in [1.29, 1.82) is 0 Å². The Morgan fingerprint density at radius 2 is 1.35 bits per heavy atom. The Bertz CT molecular complexity index is 280. The van der Waals surface area contributed by atoms with Crippen molar-refractivity contribution in [2.24, 2.45) is 0 Å². The first-order valence-corrected chi connectivity index (χ1v) is 9.09. The minimum absolute atomic E-state index is 0. The minimum Gasteiger partial charge on any atom is -0.344 e. The first kappa shape index (κ1) is 22.4. The molecule has 1 rings (SSSR count). The molecular formula is C17H33BrNP. The van der Waals surface area contributed by atoms with Crippen LogP contribution in [0.5, 0.6) is 0 Å². The normalized spacial score (nSPS) is 10.2. The summed E-state index contributed by atoms with van der Waals surface area (Å²) in [5.74, 6) is 0. The molecule has 0 heterocycles. The van der Waals surface area contributed by atoms with Crippen LogP contribution in [0.2, 0.25) is 0 Å². The molecule has 3 N–H and O–H groups in total. The second-order valence-electron chi connectivity index (χ2n) is 5.14. The maximum atomic E-state index is 2.29. The SMILES string of the molecule is Br.CCCCCCCCCCPCc1ccccc1.N. The molecule has 0 fully saturated rings. The fraction of sp³-hybridized carbons (Fsp3) is 0.647. The predicted molar refractivity (Wildman–Crippen MR) is 101 cm³/mol. The zero-order valence-electron chi connectivity index (χ0n) is 13.1. The summed E-state index contributed by atoms with van der Waals surface area (Å²) in [7, 11) is 1.12.